The summed E-state index contributed by atoms with van der Waals surface area (Å²) in [7, 11) is 4.09. The van der Waals surface area contributed by atoms with Crippen molar-refractivity contribution in [1.29, 1.82) is 0 Å². The zero-order chi connectivity index (χ0) is 14.2. The SMILES string of the molecule is CC1CN(Cc2cc(F)c(O)c(F)c2)CC1N(C)C. The maximum absolute atomic E-state index is 13.3. The fourth-order valence-electron chi connectivity index (χ4n) is 2.82. The Morgan fingerprint density at radius 2 is 1.84 bits per heavy atom. The number of hydrogen-bond acceptors (Lipinski definition) is 3. The standard InChI is InChI=1S/C14H20F2N2O/c1-9-6-18(8-13(9)17(2)3)7-10-4-11(15)14(19)12(16)5-10/h4-5,9,13,19H,6-8H2,1-3H3. The van der Waals surface area contributed by atoms with Crippen LogP contribution in [0.4, 0.5) is 8.78 Å². The lowest BCUT2D eigenvalue weighted by Crippen LogP contribution is -2.34. The average Bonchev–Trinajstić information content (AvgIpc) is 2.67. The molecule has 0 saturated carbocycles. The molecule has 0 radical (unpaired) electrons. The van der Waals surface area contributed by atoms with Crippen LogP contribution >= 0.6 is 0 Å². The van der Waals surface area contributed by atoms with E-state index in [0.717, 1.165) is 13.1 Å². The molecule has 1 N–H and O–H groups in total. The van der Waals surface area contributed by atoms with Crippen molar-refractivity contribution in [3.63, 3.8) is 0 Å². The number of nitrogens with zero attached hydrogens (tertiary/aromatic N) is 2. The minimum Gasteiger partial charge on any atom is -0.503 e. The highest BCUT2D eigenvalue weighted by atomic mass is 19.1. The van der Waals surface area contributed by atoms with E-state index in [4.69, 9.17) is 5.11 Å². The molecule has 1 aliphatic heterocycles. The van der Waals surface area contributed by atoms with Gasteiger partial charge in [0.1, 0.15) is 0 Å². The topological polar surface area (TPSA) is 26.7 Å². The van der Waals surface area contributed by atoms with Crippen LogP contribution in [0.5, 0.6) is 5.75 Å². The molecule has 0 spiro atoms. The molecule has 106 valence electrons. The smallest absolute Gasteiger partial charge is 0.187 e. The normalized spacial score (nSPS) is 24.3. The Labute approximate surface area is 112 Å². The molecule has 1 heterocycles. The molecule has 2 rings (SSSR count). The second-order valence-electron chi connectivity index (χ2n) is 5.61. The van der Waals surface area contributed by atoms with Gasteiger partial charge in [-0.3, -0.25) is 4.90 Å². The molecule has 1 saturated heterocycles. The van der Waals surface area contributed by atoms with Crippen molar-refractivity contribution >= 4 is 0 Å². The van der Waals surface area contributed by atoms with Gasteiger partial charge in [-0.2, -0.15) is 0 Å². The number of rotatable bonds is 3. The van der Waals surface area contributed by atoms with Crippen molar-refractivity contribution in [2.24, 2.45) is 5.92 Å². The summed E-state index contributed by atoms with van der Waals surface area (Å²) >= 11 is 0. The van der Waals surface area contributed by atoms with Crippen molar-refractivity contribution in [1.82, 2.24) is 9.80 Å². The molecule has 5 heteroatoms. The van der Waals surface area contributed by atoms with Gasteiger partial charge in [-0.05, 0) is 37.7 Å². The molecule has 2 unspecified atom stereocenters. The fourth-order valence-corrected chi connectivity index (χ4v) is 2.82. The Balaban J connectivity index is 2.07. The summed E-state index contributed by atoms with van der Waals surface area (Å²) in [5.74, 6) is -2.16. The Morgan fingerprint density at radius 3 is 2.32 bits per heavy atom. The molecule has 2 atom stereocenters. The van der Waals surface area contributed by atoms with Gasteiger partial charge in [0, 0.05) is 25.7 Å². The molecule has 0 aliphatic carbocycles. The average molecular weight is 270 g/mol. The van der Waals surface area contributed by atoms with Crippen LogP contribution in [0.25, 0.3) is 0 Å². The van der Waals surface area contributed by atoms with Crippen LogP contribution in [0, 0.1) is 17.6 Å². The lowest BCUT2D eigenvalue weighted by molar-refractivity contribution is 0.250. The first kappa shape index (κ1) is 14.2. The van der Waals surface area contributed by atoms with Gasteiger partial charge in [-0.25, -0.2) is 8.78 Å². The molecule has 1 aromatic rings. The summed E-state index contributed by atoms with van der Waals surface area (Å²) in [6, 6.07) is 2.87. The summed E-state index contributed by atoms with van der Waals surface area (Å²) < 4.78 is 26.6. The van der Waals surface area contributed by atoms with Crippen LogP contribution in [-0.4, -0.2) is 48.1 Å². The predicted molar refractivity (Wildman–Crippen MR) is 69.9 cm³/mol. The Morgan fingerprint density at radius 1 is 1.26 bits per heavy atom. The molecule has 0 aromatic heterocycles. The first-order chi connectivity index (χ1) is 8.88. The number of likely N-dealkylation sites (tertiary alicyclic amines) is 1. The molecular weight excluding hydrogens is 250 g/mol. The summed E-state index contributed by atoms with van der Waals surface area (Å²) in [5, 5.41) is 9.08. The Bertz CT molecular complexity index is 442. The van der Waals surface area contributed by atoms with Gasteiger partial charge in [-0.1, -0.05) is 6.92 Å². The third-order valence-electron chi connectivity index (χ3n) is 3.79. The third kappa shape index (κ3) is 3.04. The first-order valence-corrected chi connectivity index (χ1v) is 6.44. The van der Waals surface area contributed by atoms with Crippen LogP contribution in [0.1, 0.15) is 12.5 Å². The molecule has 3 nitrogen and oxygen atoms in total. The molecule has 1 fully saturated rings. The monoisotopic (exact) mass is 270 g/mol. The van der Waals surface area contributed by atoms with Gasteiger partial charge in [-0.15, -0.1) is 0 Å². The second kappa shape index (κ2) is 5.43. The van der Waals surface area contributed by atoms with E-state index in [1.54, 1.807) is 0 Å². The van der Waals surface area contributed by atoms with Gasteiger partial charge < -0.3 is 10.0 Å². The number of hydrogen-bond donors (Lipinski definition) is 1. The van der Waals surface area contributed by atoms with Gasteiger partial charge in [0.25, 0.3) is 0 Å². The lowest BCUT2D eigenvalue weighted by atomic mass is 10.1. The minimum absolute atomic E-state index is 0.465. The number of benzene rings is 1. The predicted octanol–water partition coefficient (Wildman–Crippen LogP) is 2.05. The zero-order valence-electron chi connectivity index (χ0n) is 11.5. The summed E-state index contributed by atoms with van der Waals surface area (Å²) in [6.45, 7) is 4.48. The molecule has 1 aliphatic rings. The van der Waals surface area contributed by atoms with E-state index >= 15 is 0 Å². The van der Waals surface area contributed by atoms with E-state index in [1.807, 2.05) is 14.1 Å². The van der Waals surface area contributed by atoms with Crippen LogP contribution in [0.2, 0.25) is 0 Å². The van der Waals surface area contributed by atoms with Crippen LogP contribution < -0.4 is 0 Å². The Kier molecular flexibility index (Phi) is 4.06. The second-order valence-corrected chi connectivity index (χ2v) is 5.61. The number of halogens is 2. The van der Waals surface area contributed by atoms with E-state index in [2.05, 4.69) is 16.7 Å². The number of likely N-dealkylation sites (N-methyl/N-ethyl adjacent to an activating group) is 1. The van der Waals surface area contributed by atoms with Crippen molar-refractivity contribution in [3.05, 3.63) is 29.3 Å². The molecule has 19 heavy (non-hydrogen) atoms. The van der Waals surface area contributed by atoms with Gasteiger partial charge in [0.05, 0.1) is 0 Å². The summed E-state index contributed by atoms with van der Waals surface area (Å²) in [6.07, 6.45) is 0. The molecule has 0 bridgehead atoms. The molecule has 1 aromatic carbocycles. The van der Waals surface area contributed by atoms with Gasteiger partial charge >= 0.3 is 0 Å². The van der Waals surface area contributed by atoms with Crippen LogP contribution in [0.3, 0.4) is 0 Å². The third-order valence-corrected chi connectivity index (χ3v) is 3.79. The van der Waals surface area contributed by atoms with Gasteiger partial charge in [0.2, 0.25) is 0 Å². The van der Waals surface area contributed by atoms with Crippen molar-refractivity contribution in [2.75, 3.05) is 27.2 Å². The van der Waals surface area contributed by atoms with Crippen LogP contribution in [0.15, 0.2) is 12.1 Å². The highest BCUT2D eigenvalue weighted by Crippen LogP contribution is 2.25. The molecular formula is C14H20F2N2O. The van der Waals surface area contributed by atoms with Crippen LogP contribution in [-0.2, 0) is 6.54 Å². The highest BCUT2D eigenvalue weighted by molar-refractivity contribution is 5.30. The van der Waals surface area contributed by atoms with E-state index < -0.39 is 17.4 Å². The first-order valence-electron chi connectivity index (χ1n) is 6.44. The highest BCUT2D eigenvalue weighted by Gasteiger charge is 2.30. The minimum atomic E-state index is -0.898. The zero-order valence-corrected chi connectivity index (χ0v) is 11.5. The lowest BCUT2D eigenvalue weighted by Gasteiger charge is -2.22. The fraction of sp³-hybridized carbons (Fsp3) is 0.571. The van der Waals surface area contributed by atoms with Gasteiger partial charge in [0.15, 0.2) is 17.4 Å². The van der Waals surface area contributed by atoms with E-state index in [1.165, 1.54) is 12.1 Å². The maximum Gasteiger partial charge on any atom is 0.187 e. The number of aromatic hydroxyl groups is 1. The molecule has 0 amide bonds. The Hall–Kier alpha value is -1.20. The number of phenolic OH excluding ortho intramolecular Hbond substituents is 1. The van der Waals surface area contributed by atoms with Crippen molar-refractivity contribution < 1.29 is 13.9 Å². The number of phenols is 1. The largest absolute Gasteiger partial charge is 0.503 e. The van der Waals surface area contributed by atoms with Crippen molar-refractivity contribution in [2.45, 2.75) is 19.5 Å². The summed E-state index contributed by atoms with van der Waals surface area (Å²) in [5.41, 5.74) is 0.555. The maximum atomic E-state index is 13.3. The summed E-state index contributed by atoms with van der Waals surface area (Å²) in [4.78, 5) is 4.36. The van der Waals surface area contributed by atoms with E-state index in [9.17, 15) is 8.78 Å². The quantitative estimate of drug-likeness (QED) is 0.910. The van der Waals surface area contributed by atoms with E-state index in [-0.39, 0.29) is 0 Å². The van der Waals surface area contributed by atoms with Crippen molar-refractivity contribution in [3.8, 4) is 5.75 Å². The van der Waals surface area contributed by atoms with E-state index in [0.29, 0.717) is 24.1 Å².